The number of aromatic nitrogens is 1. The maximum absolute atomic E-state index is 12.3. The number of rotatable bonds is 3. The zero-order valence-electron chi connectivity index (χ0n) is 13.1. The Morgan fingerprint density at radius 3 is 2.78 bits per heavy atom. The van der Waals surface area contributed by atoms with Gasteiger partial charge in [-0.15, -0.1) is 0 Å². The maximum Gasteiger partial charge on any atom is 0.275 e. The summed E-state index contributed by atoms with van der Waals surface area (Å²) in [5.41, 5.74) is 0.459. The van der Waals surface area contributed by atoms with Gasteiger partial charge in [0, 0.05) is 6.20 Å². The Labute approximate surface area is 133 Å². The summed E-state index contributed by atoms with van der Waals surface area (Å²) in [4.78, 5) is 16.2. The molecule has 0 aliphatic carbocycles. The molecule has 3 N–H and O–H groups in total. The van der Waals surface area contributed by atoms with Gasteiger partial charge in [0.1, 0.15) is 24.1 Å². The van der Waals surface area contributed by atoms with Crippen LogP contribution in [0, 0.1) is 6.92 Å². The fourth-order valence-electron chi connectivity index (χ4n) is 2.86. The predicted octanol–water partition coefficient (Wildman–Crippen LogP) is 0.0627. The molecule has 2 aliphatic rings. The molecule has 4 atom stereocenters. The third-order valence-electron chi connectivity index (χ3n) is 3.94. The lowest BCUT2D eigenvalue weighted by Gasteiger charge is -2.24. The van der Waals surface area contributed by atoms with Crippen LogP contribution in [0.4, 0.5) is 0 Å². The molecular weight excluding hydrogens is 304 g/mol. The van der Waals surface area contributed by atoms with Gasteiger partial charge in [0.05, 0.1) is 6.61 Å². The van der Waals surface area contributed by atoms with Crippen LogP contribution in [-0.2, 0) is 14.2 Å². The number of aliphatic hydroxyl groups is 1. The van der Waals surface area contributed by atoms with Gasteiger partial charge < -0.3 is 29.7 Å². The van der Waals surface area contributed by atoms with Crippen molar-refractivity contribution in [3.63, 3.8) is 0 Å². The molecule has 0 radical (unpaired) electrons. The number of aromatic hydroxyl groups is 1. The third kappa shape index (κ3) is 2.90. The van der Waals surface area contributed by atoms with E-state index < -0.39 is 36.2 Å². The Morgan fingerprint density at radius 2 is 2.09 bits per heavy atom. The number of hydrogen-bond acceptors (Lipinski definition) is 7. The highest BCUT2D eigenvalue weighted by atomic mass is 16.8. The van der Waals surface area contributed by atoms with E-state index in [9.17, 15) is 15.0 Å². The molecule has 3 unspecified atom stereocenters. The number of nitrogens with one attached hydrogen (secondary N) is 1. The van der Waals surface area contributed by atoms with E-state index in [1.807, 2.05) is 0 Å². The fourth-order valence-corrected chi connectivity index (χ4v) is 2.86. The van der Waals surface area contributed by atoms with Crippen molar-refractivity contribution in [1.82, 2.24) is 10.3 Å². The average molecular weight is 324 g/mol. The van der Waals surface area contributed by atoms with E-state index in [4.69, 9.17) is 14.2 Å². The molecule has 3 heterocycles. The third-order valence-corrected chi connectivity index (χ3v) is 3.94. The molecule has 0 bridgehead atoms. The lowest BCUT2D eigenvalue weighted by Crippen LogP contribution is -2.44. The van der Waals surface area contributed by atoms with Gasteiger partial charge in [-0.05, 0) is 32.4 Å². The van der Waals surface area contributed by atoms with Crippen LogP contribution in [0.5, 0.6) is 5.75 Å². The van der Waals surface area contributed by atoms with Gasteiger partial charge in [-0.3, -0.25) is 4.79 Å². The summed E-state index contributed by atoms with van der Waals surface area (Å²) in [6, 6.07) is 1.60. The van der Waals surface area contributed by atoms with Crippen LogP contribution in [0.3, 0.4) is 0 Å². The van der Waals surface area contributed by atoms with E-state index in [1.165, 1.54) is 6.20 Å². The second kappa shape index (κ2) is 5.72. The number of aliphatic hydroxyl groups excluding tert-OH is 1. The van der Waals surface area contributed by atoms with Gasteiger partial charge in [0.25, 0.3) is 5.91 Å². The molecule has 3 rings (SSSR count). The predicted molar refractivity (Wildman–Crippen MR) is 77.7 cm³/mol. The first kappa shape index (κ1) is 16.1. The lowest BCUT2D eigenvalue weighted by atomic mass is 10.1. The fraction of sp³-hybridized carbons (Fsp3) is 0.600. The van der Waals surface area contributed by atoms with Crippen molar-refractivity contribution in [1.29, 1.82) is 0 Å². The van der Waals surface area contributed by atoms with Gasteiger partial charge in [0.2, 0.25) is 0 Å². The molecule has 8 heteroatoms. The van der Waals surface area contributed by atoms with Crippen LogP contribution in [0.15, 0.2) is 12.3 Å². The van der Waals surface area contributed by atoms with E-state index >= 15 is 0 Å². The summed E-state index contributed by atoms with van der Waals surface area (Å²) < 4.78 is 17.1. The summed E-state index contributed by atoms with van der Waals surface area (Å²) >= 11 is 0. The molecule has 1 amide bonds. The zero-order valence-corrected chi connectivity index (χ0v) is 13.1. The summed E-state index contributed by atoms with van der Waals surface area (Å²) in [6.45, 7) is 4.94. The number of carbonyl (C=O) groups excluding carboxylic acids is 1. The monoisotopic (exact) mass is 324 g/mol. The molecule has 0 aromatic carbocycles. The van der Waals surface area contributed by atoms with Crippen molar-refractivity contribution >= 4 is 5.91 Å². The minimum Gasteiger partial charge on any atom is -0.505 e. The molecule has 1 aromatic rings. The number of amides is 1. The van der Waals surface area contributed by atoms with Gasteiger partial charge in [-0.1, -0.05) is 0 Å². The van der Waals surface area contributed by atoms with Crippen molar-refractivity contribution in [2.45, 2.75) is 51.1 Å². The van der Waals surface area contributed by atoms with Crippen LogP contribution in [0.2, 0.25) is 0 Å². The summed E-state index contributed by atoms with van der Waals surface area (Å²) in [5, 5.41) is 22.0. The first-order chi connectivity index (χ1) is 10.8. The Morgan fingerprint density at radius 1 is 1.39 bits per heavy atom. The van der Waals surface area contributed by atoms with Crippen molar-refractivity contribution in [2.75, 3.05) is 6.61 Å². The molecule has 126 valence electrons. The Balaban J connectivity index is 1.77. The highest BCUT2D eigenvalue weighted by molar-refractivity contribution is 5.95. The number of ether oxygens (including phenoxy) is 3. The normalized spacial score (nSPS) is 31.8. The molecule has 0 saturated carbocycles. The second-order valence-corrected chi connectivity index (χ2v) is 6.14. The number of fused-ring (bicyclic) bond motifs is 1. The van der Waals surface area contributed by atoms with Gasteiger partial charge in [-0.2, -0.15) is 0 Å². The van der Waals surface area contributed by atoms with Crippen LogP contribution in [0.25, 0.3) is 0 Å². The molecule has 0 spiro atoms. The Hall–Kier alpha value is -1.74. The number of nitrogens with zero attached hydrogens (tertiary/aromatic N) is 1. The zero-order chi connectivity index (χ0) is 16.8. The Kier molecular flexibility index (Phi) is 4.01. The van der Waals surface area contributed by atoms with Gasteiger partial charge >= 0.3 is 0 Å². The molecule has 2 aliphatic heterocycles. The van der Waals surface area contributed by atoms with E-state index in [0.717, 1.165) is 0 Å². The van der Waals surface area contributed by atoms with E-state index in [2.05, 4.69) is 10.3 Å². The van der Waals surface area contributed by atoms with E-state index in [-0.39, 0.29) is 18.1 Å². The molecule has 1 aromatic heterocycles. The minimum atomic E-state index is -0.820. The lowest BCUT2D eigenvalue weighted by molar-refractivity contribution is -0.192. The number of aryl methyl sites for hydroxylation is 1. The number of carbonyl (C=O) groups is 1. The minimum absolute atomic E-state index is 0.0872. The van der Waals surface area contributed by atoms with Crippen LogP contribution < -0.4 is 5.32 Å². The van der Waals surface area contributed by atoms with Crippen LogP contribution in [0.1, 0.15) is 29.9 Å². The quantitative estimate of drug-likeness (QED) is 0.721. The first-order valence-electron chi connectivity index (χ1n) is 7.40. The SMILES string of the molecule is Cc1ccnc(C(=O)NC2OC(CO)C3OC(C)(C)O[C@@H]23)c1O. The van der Waals surface area contributed by atoms with Crippen molar-refractivity contribution < 1.29 is 29.2 Å². The summed E-state index contributed by atoms with van der Waals surface area (Å²) in [7, 11) is 0. The number of hydrogen-bond donors (Lipinski definition) is 3. The first-order valence-corrected chi connectivity index (χ1v) is 7.40. The van der Waals surface area contributed by atoms with Gasteiger partial charge in [0.15, 0.2) is 17.7 Å². The highest BCUT2D eigenvalue weighted by Crippen LogP contribution is 2.37. The molecule has 8 nitrogen and oxygen atoms in total. The van der Waals surface area contributed by atoms with Crippen LogP contribution in [-0.4, -0.2) is 58.0 Å². The summed E-state index contributed by atoms with van der Waals surface area (Å²) in [6.07, 6.45) is -0.964. The van der Waals surface area contributed by atoms with Crippen LogP contribution >= 0.6 is 0 Å². The Bertz CT molecular complexity index is 620. The second-order valence-electron chi connectivity index (χ2n) is 6.14. The van der Waals surface area contributed by atoms with Crippen molar-refractivity contribution in [3.8, 4) is 5.75 Å². The van der Waals surface area contributed by atoms with Gasteiger partial charge in [-0.25, -0.2) is 4.98 Å². The average Bonchev–Trinajstić information content (AvgIpc) is 2.96. The molecule has 2 saturated heterocycles. The van der Waals surface area contributed by atoms with E-state index in [1.54, 1.807) is 26.8 Å². The maximum atomic E-state index is 12.3. The smallest absolute Gasteiger partial charge is 0.275 e. The van der Waals surface area contributed by atoms with E-state index in [0.29, 0.717) is 5.56 Å². The summed E-state index contributed by atoms with van der Waals surface area (Å²) in [5.74, 6) is -1.58. The number of pyridine rings is 1. The standard InChI is InChI=1S/C15H20N2O6/c1-7-4-5-16-9(10(7)19)13(20)17-14-12-11(8(6-18)21-14)22-15(2,3)23-12/h4-5,8,11-12,14,18-19H,6H2,1-3H3,(H,17,20)/t8?,11?,12-,14?/m1/s1. The largest absolute Gasteiger partial charge is 0.505 e. The molecule has 23 heavy (non-hydrogen) atoms. The highest BCUT2D eigenvalue weighted by Gasteiger charge is 2.55. The molecular formula is C15H20N2O6. The topological polar surface area (TPSA) is 110 Å². The molecule has 2 fully saturated rings. The van der Waals surface area contributed by atoms with Crippen molar-refractivity contribution in [2.24, 2.45) is 0 Å². The van der Waals surface area contributed by atoms with Crippen molar-refractivity contribution in [3.05, 3.63) is 23.5 Å².